The fraction of sp³-hybridized carbons (Fsp3) is 1.00. The fourth-order valence-electron chi connectivity index (χ4n) is 0.885. The van der Waals surface area contributed by atoms with E-state index in [0.29, 0.717) is 13.2 Å². The van der Waals surface area contributed by atoms with Crippen LogP contribution in [-0.4, -0.2) is 25.3 Å². The Kier molecular flexibility index (Phi) is 2.57. The Morgan fingerprint density at radius 1 is 1.09 bits per heavy atom. The summed E-state index contributed by atoms with van der Waals surface area (Å²) in [5, 5.41) is 6.83. The number of hydrogen-bond donors (Lipinski definition) is 0. The summed E-state index contributed by atoms with van der Waals surface area (Å²) in [5.41, 5.74) is 16.2. The highest BCUT2D eigenvalue weighted by molar-refractivity contribution is 4.87. The molecule has 7 heteroatoms. The van der Waals surface area contributed by atoms with Gasteiger partial charge in [0, 0.05) is 9.82 Å². The van der Waals surface area contributed by atoms with E-state index in [2.05, 4.69) is 20.1 Å². The van der Waals surface area contributed by atoms with Gasteiger partial charge in [-0.2, -0.15) is 0 Å². The van der Waals surface area contributed by atoms with Gasteiger partial charge in [0.2, 0.25) is 0 Å². The average Bonchev–Trinajstić information content (AvgIpc) is 2.39. The van der Waals surface area contributed by atoms with Crippen molar-refractivity contribution in [3.05, 3.63) is 20.9 Å². The van der Waals surface area contributed by atoms with Gasteiger partial charge in [-0.15, -0.1) is 0 Å². The highest BCUT2D eigenvalue weighted by Gasteiger charge is 2.25. The molecule has 58 valence electrons. The minimum atomic E-state index is -0.337. The summed E-state index contributed by atoms with van der Waals surface area (Å²) < 4.78 is 4.95. The second-order valence-electron chi connectivity index (χ2n) is 2.08. The monoisotopic (exact) mass is 154 g/mol. The summed E-state index contributed by atoms with van der Waals surface area (Å²) in [6.07, 6.45) is 0. The van der Waals surface area contributed by atoms with E-state index in [4.69, 9.17) is 15.8 Å². The Bertz CT molecular complexity index is 203. The SMILES string of the molecule is [N-]=[N+]=NC1COCC1N=[N+]=[N-]. The van der Waals surface area contributed by atoms with Crippen molar-refractivity contribution in [3.8, 4) is 0 Å². The Morgan fingerprint density at radius 2 is 1.55 bits per heavy atom. The fourth-order valence-corrected chi connectivity index (χ4v) is 0.885. The van der Waals surface area contributed by atoms with Crippen LogP contribution in [0.15, 0.2) is 10.2 Å². The average molecular weight is 154 g/mol. The predicted molar refractivity (Wildman–Crippen MR) is 36.7 cm³/mol. The third-order valence-corrected chi connectivity index (χ3v) is 1.42. The van der Waals surface area contributed by atoms with Gasteiger partial charge in [-0.1, -0.05) is 10.2 Å². The number of hydrogen-bond acceptors (Lipinski definition) is 3. The van der Waals surface area contributed by atoms with Crippen molar-refractivity contribution in [1.82, 2.24) is 0 Å². The molecule has 1 rings (SSSR count). The molecule has 0 radical (unpaired) electrons. The van der Waals surface area contributed by atoms with Crippen LogP contribution >= 0.6 is 0 Å². The van der Waals surface area contributed by atoms with Gasteiger partial charge in [0.15, 0.2) is 0 Å². The Balaban J connectivity index is 2.64. The first kappa shape index (κ1) is 7.68. The van der Waals surface area contributed by atoms with Gasteiger partial charge in [-0.05, 0) is 11.1 Å². The molecule has 2 unspecified atom stereocenters. The topological polar surface area (TPSA) is 107 Å². The summed E-state index contributed by atoms with van der Waals surface area (Å²) in [7, 11) is 0. The maximum Gasteiger partial charge on any atom is 0.0714 e. The van der Waals surface area contributed by atoms with E-state index in [-0.39, 0.29) is 12.1 Å². The lowest BCUT2D eigenvalue weighted by Gasteiger charge is -2.02. The molecule has 0 aliphatic carbocycles. The third kappa shape index (κ3) is 1.75. The van der Waals surface area contributed by atoms with Crippen LogP contribution in [0.1, 0.15) is 0 Å². The first-order valence-corrected chi connectivity index (χ1v) is 3.04. The van der Waals surface area contributed by atoms with Gasteiger partial charge in [0.05, 0.1) is 25.3 Å². The zero-order valence-corrected chi connectivity index (χ0v) is 5.66. The van der Waals surface area contributed by atoms with Gasteiger partial charge in [0.25, 0.3) is 0 Å². The van der Waals surface area contributed by atoms with E-state index in [1.807, 2.05) is 0 Å². The van der Waals surface area contributed by atoms with Crippen LogP contribution in [-0.2, 0) is 4.74 Å². The minimum absolute atomic E-state index is 0.337. The van der Waals surface area contributed by atoms with Gasteiger partial charge in [-0.25, -0.2) is 0 Å². The number of nitrogens with zero attached hydrogens (tertiary/aromatic N) is 6. The smallest absolute Gasteiger partial charge is 0.0714 e. The predicted octanol–water partition coefficient (Wildman–Crippen LogP) is 1.37. The van der Waals surface area contributed by atoms with Crippen LogP contribution in [0.2, 0.25) is 0 Å². The van der Waals surface area contributed by atoms with Crippen LogP contribution in [0, 0.1) is 0 Å². The molecule has 0 bridgehead atoms. The molecule has 0 aromatic rings. The van der Waals surface area contributed by atoms with Gasteiger partial charge in [-0.3, -0.25) is 0 Å². The van der Waals surface area contributed by atoms with Crippen molar-refractivity contribution in [2.45, 2.75) is 12.1 Å². The van der Waals surface area contributed by atoms with Crippen molar-refractivity contribution in [3.63, 3.8) is 0 Å². The summed E-state index contributed by atoms with van der Waals surface area (Å²) in [5.74, 6) is 0. The largest absolute Gasteiger partial charge is 0.381 e. The summed E-state index contributed by atoms with van der Waals surface area (Å²) in [6.45, 7) is 0.682. The Morgan fingerprint density at radius 3 is 1.91 bits per heavy atom. The van der Waals surface area contributed by atoms with Gasteiger partial charge < -0.3 is 4.74 Å². The standard InChI is InChI=1S/C4H6N6O/c5-9-7-3-1-11-2-4(3)8-10-6/h3-4H,1-2H2. The van der Waals surface area contributed by atoms with Crippen molar-refractivity contribution in [2.24, 2.45) is 10.2 Å². The van der Waals surface area contributed by atoms with Crippen LogP contribution < -0.4 is 0 Å². The molecular weight excluding hydrogens is 148 g/mol. The second-order valence-corrected chi connectivity index (χ2v) is 2.08. The van der Waals surface area contributed by atoms with Gasteiger partial charge in [0.1, 0.15) is 0 Å². The first-order chi connectivity index (χ1) is 5.38. The molecule has 0 saturated carbocycles. The molecule has 11 heavy (non-hydrogen) atoms. The molecule has 1 fully saturated rings. The molecule has 0 spiro atoms. The quantitative estimate of drug-likeness (QED) is 0.334. The molecule has 0 N–H and O–H groups in total. The molecule has 1 heterocycles. The molecule has 1 aliphatic heterocycles. The van der Waals surface area contributed by atoms with Crippen LogP contribution in [0.3, 0.4) is 0 Å². The third-order valence-electron chi connectivity index (χ3n) is 1.42. The maximum atomic E-state index is 8.08. The lowest BCUT2D eigenvalue weighted by Crippen LogP contribution is -2.18. The van der Waals surface area contributed by atoms with Crippen LogP contribution in [0.25, 0.3) is 20.9 Å². The van der Waals surface area contributed by atoms with Crippen molar-refractivity contribution < 1.29 is 4.74 Å². The number of rotatable bonds is 2. The van der Waals surface area contributed by atoms with Gasteiger partial charge >= 0.3 is 0 Å². The second kappa shape index (κ2) is 3.68. The normalized spacial score (nSPS) is 28.7. The van der Waals surface area contributed by atoms with E-state index in [0.717, 1.165) is 0 Å². The molecule has 0 amide bonds. The van der Waals surface area contributed by atoms with Crippen molar-refractivity contribution in [2.75, 3.05) is 13.2 Å². The van der Waals surface area contributed by atoms with E-state index in [1.165, 1.54) is 0 Å². The van der Waals surface area contributed by atoms with Crippen molar-refractivity contribution in [1.29, 1.82) is 0 Å². The Hall–Kier alpha value is -1.42. The first-order valence-electron chi connectivity index (χ1n) is 3.04. The molecular formula is C4H6N6O. The summed E-state index contributed by atoms with van der Waals surface area (Å²) in [6, 6.07) is -0.674. The van der Waals surface area contributed by atoms with E-state index in [1.54, 1.807) is 0 Å². The molecule has 2 atom stereocenters. The number of ether oxygens (including phenoxy) is 1. The molecule has 1 saturated heterocycles. The van der Waals surface area contributed by atoms with Crippen molar-refractivity contribution >= 4 is 0 Å². The zero-order chi connectivity index (χ0) is 8.10. The number of azide groups is 2. The molecule has 0 aromatic carbocycles. The zero-order valence-electron chi connectivity index (χ0n) is 5.66. The highest BCUT2D eigenvalue weighted by atomic mass is 16.5. The summed E-state index contributed by atoms with van der Waals surface area (Å²) in [4.78, 5) is 5.22. The lowest BCUT2D eigenvalue weighted by molar-refractivity contribution is 0.191. The highest BCUT2D eigenvalue weighted by Crippen LogP contribution is 2.13. The van der Waals surface area contributed by atoms with Crippen LogP contribution in [0.4, 0.5) is 0 Å². The maximum absolute atomic E-state index is 8.08. The molecule has 0 aromatic heterocycles. The van der Waals surface area contributed by atoms with E-state index >= 15 is 0 Å². The Labute approximate surface area is 62.2 Å². The minimum Gasteiger partial charge on any atom is -0.381 e. The molecule has 7 nitrogen and oxygen atoms in total. The van der Waals surface area contributed by atoms with Crippen LogP contribution in [0.5, 0.6) is 0 Å². The van der Waals surface area contributed by atoms with E-state index < -0.39 is 0 Å². The lowest BCUT2D eigenvalue weighted by atomic mass is 10.2. The summed E-state index contributed by atoms with van der Waals surface area (Å²) >= 11 is 0. The molecule has 1 aliphatic rings. The van der Waals surface area contributed by atoms with E-state index in [9.17, 15) is 0 Å².